The van der Waals surface area contributed by atoms with Gasteiger partial charge in [0.2, 0.25) is 5.13 Å². The minimum absolute atomic E-state index is 0. The predicted molar refractivity (Wildman–Crippen MR) is 241 cm³/mol. The molecule has 80 heavy (non-hydrogen) atoms. The maximum Gasteiger partial charge on any atom is 1.00 e. The van der Waals surface area contributed by atoms with E-state index in [4.69, 9.17) is 9.47 Å². The van der Waals surface area contributed by atoms with E-state index < -0.39 is 134 Å². The first kappa shape index (κ1) is 76.5. The zero-order valence-corrected chi connectivity index (χ0v) is 59.5. The number of carboxylic acid groups (broad SMARTS) is 1. The van der Waals surface area contributed by atoms with Crippen LogP contribution >= 0.6 is 11.3 Å². The first-order chi connectivity index (χ1) is 34.3. The van der Waals surface area contributed by atoms with Gasteiger partial charge in [-0.05, 0) is 72.8 Å². The Balaban J connectivity index is 0.00000533. The molecule has 2 aromatic heterocycles. The summed E-state index contributed by atoms with van der Waals surface area (Å²) >= 11 is 0.904. The fourth-order valence-corrected chi connectivity index (χ4v) is 10.4. The quantitative estimate of drug-likeness (QED) is 0.0349. The van der Waals surface area contributed by atoms with Crippen LogP contribution in [0.15, 0.2) is 117 Å². The summed E-state index contributed by atoms with van der Waals surface area (Å²) in [6.07, 6.45) is -0.377. The topological polar surface area (TPSA) is 490 Å². The van der Waals surface area contributed by atoms with Crippen molar-refractivity contribution in [2.75, 3.05) is 19.5 Å². The summed E-state index contributed by atoms with van der Waals surface area (Å²) in [4.78, 5) is 11.9. The summed E-state index contributed by atoms with van der Waals surface area (Å²) in [6.45, 7) is 0.958. The second kappa shape index (κ2) is 30.2. The molecule has 0 fully saturated rings. The number of methoxy groups -OCH3 is 1. The van der Waals surface area contributed by atoms with Gasteiger partial charge in [0.25, 0.3) is 20.2 Å². The number of hydrogen-bond acceptors (Lipinski definition) is 28. The molecule has 0 unspecified atom stereocenters. The van der Waals surface area contributed by atoms with Gasteiger partial charge in [0.15, 0.2) is 0 Å². The van der Waals surface area contributed by atoms with Crippen molar-refractivity contribution in [2.45, 2.75) is 32.9 Å². The number of aromatic nitrogens is 3. The fraction of sp³-hybridized carbons (Fsp3) is 0.132. The largest absolute Gasteiger partial charge is 1.00 e. The Bertz CT molecular complexity index is 4190. The summed E-state index contributed by atoms with van der Waals surface area (Å²) in [7, 11) is -24.8. The van der Waals surface area contributed by atoms with Gasteiger partial charge in [0, 0.05) is 29.2 Å². The molecule has 0 aliphatic rings. The van der Waals surface area contributed by atoms with E-state index in [0.717, 1.165) is 60.9 Å². The summed E-state index contributed by atoms with van der Waals surface area (Å²) in [5.41, 5.74) is -4.90. The molecule has 0 aliphatic heterocycles. The number of aryl methyl sites for hydroxylation is 1. The van der Waals surface area contributed by atoms with Crippen LogP contribution in [-0.4, -0.2) is 105 Å². The van der Waals surface area contributed by atoms with Gasteiger partial charge >= 0.3 is 177 Å². The van der Waals surface area contributed by atoms with Crippen LogP contribution < -0.4 is 202 Å². The normalized spacial score (nSPS) is 12.0. The average molecular weight is 1270 g/mol. The van der Waals surface area contributed by atoms with E-state index in [1.54, 1.807) is 0 Å². The molecule has 0 atom stereocenters. The summed E-state index contributed by atoms with van der Waals surface area (Å²) < 4.78 is 187. The first-order valence-corrected chi connectivity index (χ1v) is 27.7. The Kier molecular flexibility index (Phi) is 28.9. The maximum absolute atomic E-state index is 14.0. The van der Waals surface area contributed by atoms with Gasteiger partial charge < -0.3 is 43.2 Å². The van der Waals surface area contributed by atoms with Crippen LogP contribution in [0.2, 0.25) is 0 Å². The molecule has 0 saturated carbocycles. The first-order valence-electron chi connectivity index (χ1n) is 19.6. The number of carboxylic acids is 1. The number of fused-ring (bicyclic) bond motifs is 2. The van der Waals surface area contributed by atoms with E-state index in [0.29, 0.717) is 21.5 Å². The molecule has 390 valence electrons. The van der Waals surface area contributed by atoms with Crippen molar-refractivity contribution in [3.05, 3.63) is 78.0 Å². The molecule has 42 heteroatoms. The third-order valence-electron chi connectivity index (χ3n) is 9.83. The molecule has 0 bridgehead atoms. The van der Waals surface area contributed by atoms with Gasteiger partial charge in [-0.2, -0.15) is 21.9 Å². The van der Waals surface area contributed by atoms with Gasteiger partial charge in [-0.3, -0.25) is 9.11 Å². The molecule has 7 aromatic rings. The SMILES string of the molecule is COc1cc2sc(N=Nc3cc(OCCCS(=O)(=O)[O-])c(N=Nc4c(S(=O)(=O)O)cc5c(S(=O)(=O)O)c(N=Nc6c(C(=O)[O-])nn(-c7ccc(S(=O)(=O)[O-])cc7)c6[O-])ccc5c4[O-])cc3C)nc2cc1S(=O)(=O)[O-].[Na+].[Na+].[Na+].[Na+].[Na+].[Na+]. The van der Waals surface area contributed by atoms with Crippen molar-refractivity contribution in [1.29, 1.82) is 0 Å². The smallest absolute Gasteiger partial charge is 0.871 e. The molecular formula is C38H25N9Na6O21S6. The number of benzene rings is 5. The van der Waals surface area contributed by atoms with Crippen LogP contribution in [0, 0.1) is 6.92 Å². The third kappa shape index (κ3) is 18.3. The van der Waals surface area contributed by atoms with Crippen molar-refractivity contribution in [2.24, 2.45) is 30.7 Å². The summed E-state index contributed by atoms with van der Waals surface area (Å²) in [6, 6.07) is 9.77. The van der Waals surface area contributed by atoms with Crippen molar-refractivity contribution in [3.63, 3.8) is 0 Å². The van der Waals surface area contributed by atoms with Gasteiger partial charge in [-0.15, -0.1) is 30.7 Å². The predicted octanol–water partition coefficient (Wildman–Crippen LogP) is -14.7. The number of hydrogen-bond donors (Lipinski definition) is 2. The molecule has 0 aliphatic carbocycles. The number of azo groups is 3. The zero-order valence-electron chi connectivity index (χ0n) is 42.6. The van der Waals surface area contributed by atoms with E-state index in [1.807, 2.05) is 0 Å². The molecule has 2 N–H and O–H groups in total. The van der Waals surface area contributed by atoms with E-state index in [1.165, 1.54) is 19.1 Å². The minimum Gasteiger partial charge on any atom is -0.871 e. The number of carbonyl (C=O) groups excluding carboxylic acids is 1. The number of thiazole rings is 1. The van der Waals surface area contributed by atoms with Gasteiger partial charge in [0.05, 0.1) is 66.9 Å². The second-order valence-corrected chi connectivity index (χ2v) is 22.8. The van der Waals surface area contributed by atoms with E-state index in [2.05, 4.69) is 40.8 Å². The number of rotatable bonds is 18. The average Bonchev–Trinajstić information content (AvgIpc) is 3.86. The van der Waals surface area contributed by atoms with Crippen molar-refractivity contribution >= 4 is 122 Å². The van der Waals surface area contributed by atoms with Crippen molar-refractivity contribution in [3.8, 4) is 28.8 Å². The van der Waals surface area contributed by atoms with Crippen LogP contribution in [0.3, 0.4) is 0 Å². The van der Waals surface area contributed by atoms with Gasteiger partial charge in [0.1, 0.15) is 64.3 Å². The van der Waals surface area contributed by atoms with E-state index >= 15 is 0 Å². The Labute approximate surface area is 589 Å². The summed E-state index contributed by atoms with van der Waals surface area (Å²) in [5, 5.41) is 63.9. The number of nitrogens with zero attached hydrogens (tertiary/aromatic N) is 9. The molecule has 0 spiro atoms. The van der Waals surface area contributed by atoms with Crippen LogP contribution in [-0.2, 0) is 50.6 Å². The van der Waals surface area contributed by atoms with Gasteiger partial charge in [-0.1, -0.05) is 23.2 Å². The third-order valence-corrected chi connectivity index (χ3v) is 15.0. The fourth-order valence-electron chi connectivity index (χ4n) is 6.57. The van der Waals surface area contributed by atoms with Crippen LogP contribution in [0.1, 0.15) is 22.5 Å². The van der Waals surface area contributed by atoms with Gasteiger partial charge in [-0.25, -0.2) is 34.9 Å². The molecule has 0 saturated heterocycles. The maximum atomic E-state index is 14.0. The monoisotopic (exact) mass is 1270 g/mol. The Morgan fingerprint density at radius 1 is 0.675 bits per heavy atom. The Morgan fingerprint density at radius 2 is 1.27 bits per heavy atom. The van der Waals surface area contributed by atoms with E-state index in [9.17, 15) is 85.0 Å². The molecule has 5 aromatic carbocycles. The van der Waals surface area contributed by atoms with E-state index in [-0.39, 0.29) is 229 Å². The molecule has 7 rings (SSSR count). The summed E-state index contributed by atoms with van der Waals surface area (Å²) in [5.74, 6) is -6.44. The van der Waals surface area contributed by atoms with Crippen molar-refractivity contribution < 1.29 is 272 Å². The Hall–Kier alpha value is -1.52. The Morgan fingerprint density at radius 3 is 1.82 bits per heavy atom. The molecule has 0 amide bonds. The second-order valence-electron chi connectivity index (χ2n) is 14.8. The minimum atomic E-state index is -5.63. The number of aromatic carboxylic acids is 1. The molecule has 30 nitrogen and oxygen atoms in total. The van der Waals surface area contributed by atoms with Crippen LogP contribution in [0.4, 0.5) is 33.6 Å². The van der Waals surface area contributed by atoms with Crippen molar-refractivity contribution in [1.82, 2.24) is 14.8 Å². The number of carbonyl (C=O) groups is 1. The van der Waals surface area contributed by atoms with Crippen LogP contribution in [0.25, 0.3) is 26.7 Å². The van der Waals surface area contributed by atoms with Crippen LogP contribution in [0.5, 0.6) is 23.1 Å². The number of ether oxygens (including phenoxy) is 2. The molecule has 2 heterocycles. The molecule has 0 radical (unpaired) electrons. The molecular weight excluding hydrogens is 1250 g/mol. The standard InChI is InChI=1S/C38H31N9O21S6.6Na/c1-17-12-24(26(68-10-3-11-70(52,53)54)14-23(17)41-45-38-39-25-15-29(72(58,59)60)27(67-2)16-28(25)69-38)42-43-31-30(73(61,62)63)13-21-20(34(31)48)8-9-22(35(21)74(64,65)66)40-44-32-33(37(50)51)46-47(36(32)49)18-4-6-19(7-5-18)71(55,56)57;;;;;;/h4-9,12-16,48-49H,3,10-11H2,1-2H3,(H,50,51)(H,52,53,54)(H,55,56,57)(H,58,59,60)(H,61,62,63)(H,64,65,66);;;;;;/q;6*+1/p-6. The zero-order chi connectivity index (χ0) is 54.5.